The predicted molar refractivity (Wildman–Crippen MR) is 67.5 cm³/mol. The molecule has 1 heteroatoms. The Kier molecular flexibility index (Phi) is 2.32. The summed E-state index contributed by atoms with van der Waals surface area (Å²) in [4.78, 5) is 0. The van der Waals surface area contributed by atoms with E-state index in [1.165, 1.54) is 24.8 Å². The quantitative estimate of drug-likeness (QED) is 0.798. The fourth-order valence-electron chi connectivity index (χ4n) is 3.23. The third-order valence-corrected chi connectivity index (χ3v) is 4.31. The lowest BCUT2D eigenvalue weighted by Gasteiger charge is -2.27. The van der Waals surface area contributed by atoms with Crippen LogP contribution in [0.25, 0.3) is 0 Å². The van der Waals surface area contributed by atoms with Gasteiger partial charge in [0.15, 0.2) is 0 Å². The van der Waals surface area contributed by atoms with Gasteiger partial charge < -0.3 is 5.32 Å². The molecule has 1 aliphatic heterocycles. The Morgan fingerprint density at radius 1 is 1.12 bits per heavy atom. The van der Waals surface area contributed by atoms with Gasteiger partial charge in [0.25, 0.3) is 0 Å². The van der Waals surface area contributed by atoms with E-state index >= 15 is 0 Å². The maximum Gasteiger partial charge on any atom is 0.0196 e. The van der Waals surface area contributed by atoms with Crippen LogP contribution in [-0.4, -0.2) is 11.6 Å². The van der Waals surface area contributed by atoms with E-state index in [0.29, 0.717) is 5.92 Å². The zero-order chi connectivity index (χ0) is 11.2. The van der Waals surface area contributed by atoms with Gasteiger partial charge in [-0.15, -0.1) is 0 Å². The minimum Gasteiger partial charge on any atom is -0.308 e. The van der Waals surface area contributed by atoms with E-state index in [1.54, 1.807) is 0 Å². The highest BCUT2D eigenvalue weighted by Crippen LogP contribution is 2.45. The van der Waals surface area contributed by atoms with Gasteiger partial charge in [-0.3, -0.25) is 0 Å². The minimum absolute atomic E-state index is 0.259. The Balaban J connectivity index is 1.84. The summed E-state index contributed by atoms with van der Waals surface area (Å²) in [6.45, 7) is 4.71. The number of rotatable bonds is 2. The van der Waals surface area contributed by atoms with E-state index in [-0.39, 0.29) is 5.54 Å². The van der Waals surface area contributed by atoms with E-state index in [0.717, 1.165) is 12.0 Å². The lowest BCUT2D eigenvalue weighted by atomic mass is 9.83. The summed E-state index contributed by atoms with van der Waals surface area (Å²) in [5, 5.41) is 3.84. The van der Waals surface area contributed by atoms with Gasteiger partial charge in [-0.05, 0) is 44.6 Å². The molecule has 0 unspecified atom stereocenters. The molecule has 2 fully saturated rings. The van der Waals surface area contributed by atoms with Crippen molar-refractivity contribution in [2.45, 2.75) is 50.6 Å². The molecule has 1 saturated carbocycles. The van der Waals surface area contributed by atoms with Crippen LogP contribution in [0.1, 0.15) is 44.6 Å². The zero-order valence-electron chi connectivity index (χ0n) is 10.2. The Hall–Kier alpha value is -0.820. The first-order valence-corrected chi connectivity index (χ1v) is 6.49. The van der Waals surface area contributed by atoms with Gasteiger partial charge in [0.05, 0.1) is 0 Å². The molecule has 1 N–H and O–H groups in total. The fourth-order valence-corrected chi connectivity index (χ4v) is 3.23. The molecule has 0 radical (unpaired) electrons. The third-order valence-electron chi connectivity index (χ3n) is 4.31. The highest BCUT2D eigenvalue weighted by molar-refractivity contribution is 5.26. The van der Waals surface area contributed by atoms with Gasteiger partial charge >= 0.3 is 0 Å². The molecule has 3 rings (SSSR count). The molecule has 0 spiro atoms. The minimum atomic E-state index is 0.259. The van der Waals surface area contributed by atoms with E-state index in [9.17, 15) is 0 Å². The van der Waals surface area contributed by atoms with Crippen molar-refractivity contribution in [2.24, 2.45) is 5.92 Å². The van der Waals surface area contributed by atoms with Crippen molar-refractivity contribution in [3.63, 3.8) is 0 Å². The Morgan fingerprint density at radius 2 is 1.81 bits per heavy atom. The number of nitrogens with one attached hydrogen (secondary N) is 1. The summed E-state index contributed by atoms with van der Waals surface area (Å²) in [6.07, 6.45) is 4.20. The molecule has 1 aromatic carbocycles. The van der Waals surface area contributed by atoms with Gasteiger partial charge in [0.1, 0.15) is 0 Å². The van der Waals surface area contributed by atoms with Crippen LogP contribution < -0.4 is 5.32 Å². The zero-order valence-corrected chi connectivity index (χ0v) is 10.2. The Bertz CT molecular complexity index is 364. The van der Waals surface area contributed by atoms with Crippen molar-refractivity contribution >= 4 is 0 Å². The van der Waals surface area contributed by atoms with E-state index in [4.69, 9.17) is 0 Å². The topological polar surface area (TPSA) is 12.0 Å². The number of hydrogen-bond donors (Lipinski definition) is 1. The largest absolute Gasteiger partial charge is 0.308 e. The van der Waals surface area contributed by atoms with Crippen LogP contribution in [0.2, 0.25) is 0 Å². The van der Waals surface area contributed by atoms with Crippen molar-refractivity contribution in [1.82, 2.24) is 5.32 Å². The van der Waals surface area contributed by atoms with Crippen LogP contribution in [0.3, 0.4) is 0 Å². The maximum atomic E-state index is 3.84. The van der Waals surface area contributed by atoms with Crippen LogP contribution in [0, 0.1) is 5.92 Å². The number of benzene rings is 1. The van der Waals surface area contributed by atoms with Crippen molar-refractivity contribution in [1.29, 1.82) is 0 Å². The summed E-state index contributed by atoms with van der Waals surface area (Å²) in [5.41, 5.74) is 1.76. The Labute approximate surface area is 98.3 Å². The summed E-state index contributed by atoms with van der Waals surface area (Å²) in [7, 11) is 0. The molecular formula is C15H21N. The van der Waals surface area contributed by atoms with E-state index in [2.05, 4.69) is 49.5 Å². The van der Waals surface area contributed by atoms with Crippen LogP contribution in [0.4, 0.5) is 0 Å². The lowest BCUT2D eigenvalue weighted by molar-refractivity contribution is 0.386. The molecular weight excluding hydrogens is 194 g/mol. The summed E-state index contributed by atoms with van der Waals surface area (Å²) < 4.78 is 0. The average Bonchev–Trinajstić information content (AvgIpc) is 3.05. The van der Waals surface area contributed by atoms with Crippen LogP contribution >= 0.6 is 0 Å². The monoisotopic (exact) mass is 215 g/mol. The lowest BCUT2D eigenvalue weighted by Crippen LogP contribution is -2.40. The molecule has 1 aromatic rings. The third kappa shape index (κ3) is 1.78. The predicted octanol–water partition coefficient (Wildman–Crippen LogP) is 3.32. The second-order valence-electron chi connectivity index (χ2n) is 6.01. The van der Waals surface area contributed by atoms with Crippen molar-refractivity contribution in [3.05, 3.63) is 35.9 Å². The van der Waals surface area contributed by atoms with Gasteiger partial charge in [-0.1, -0.05) is 30.3 Å². The molecule has 1 saturated heterocycles. The van der Waals surface area contributed by atoms with E-state index in [1.807, 2.05) is 0 Å². The van der Waals surface area contributed by atoms with Gasteiger partial charge in [-0.25, -0.2) is 0 Å². The van der Waals surface area contributed by atoms with Crippen LogP contribution in [-0.2, 0) is 0 Å². The standard InChI is InChI=1S/C15H21N/c1-15(2)13(11-6-4-3-5-7-11)10-14(16-15)12-8-9-12/h3-7,12-14,16H,8-10H2,1-2H3/t13-,14-/m0/s1. The fraction of sp³-hybridized carbons (Fsp3) is 0.600. The molecule has 1 aliphatic carbocycles. The van der Waals surface area contributed by atoms with Crippen LogP contribution in [0.5, 0.6) is 0 Å². The molecule has 16 heavy (non-hydrogen) atoms. The molecule has 0 bridgehead atoms. The highest BCUT2D eigenvalue weighted by atomic mass is 15.1. The molecule has 86 valence electrons. The van der Waals surface area contributed by atoms with Crippen LogP contribution in [0.15, 0.2) is 30.3 Å². The maximum absolute atomic E-state index is 3.84. The normalized spacial score (nSPS) is 32.9. The van der Waals surface area contributed by atoms with Crippen molar-refractivity contribution in [3.8, 4) is 0 Å². The second-order valence-corrected chi connectivity index (χ2v) is 6.01. The number of hydrogen-bond acceptors (Lipinski definition) is 1. The smallest absolute Gasteiger partial charge is 0.0196 e. The van der Waals surface area contributed by atoms with E-state index < -0.39 is 0 Å². The van der Waals surface area contributed by atoms with Crippen molar-refractivity contribution in [2.75, 3.05) is 0 Å². The SMILES string of the molecule is CC1(C)N[C@H](C2CC2)C[C@H]1c1ccccc1. The van der Waals surface area contributed by atoms with Crippen molar-refractivity contribution < 1.29 is 0 Å². The molecule has 2 aliphatic rings. The molecule has 0 amide bonds. The molecule has 1 nitrogen and oxygen atoms in total. The first kappa shape index (κ1) is 10.3. The summed E-state index contributed by atoms with van der Waals surface area (Å²) in [6, 6.07) is 11.8. The summed E-state index contributed by atoms with van der Waals surface area (Å²) in [5.74, 6) is 1.65. The van der Waals surface area contributed by atoms with Gasteiger partial charge in [0.2, 0.25) is 0 Å². The highest BCUT2D eigenvalue weighted by Gasteiger charge is 2.45. The second kappa shape index (κ2) is 3.59. The summed E-state index contributed by atoms with van der Waals surface area (Å²) >= 11 is 0. The average molecular weight is 215 g/mol. The Morgan fingerprint density at radius 3 is 2.44 bits per heavy atom. The van der Waals surface area contributed by atoms with Gasteiger partial charge in [0, 0.05) is 17.5 Å². The van der Waals surface area contributed by atoms with Gasteiger partial charge in [-0.2, -0.15) is 0 Å². The molecule has 2 atom stereocenters. The first-order valence-electron chi connectivity index (χ1n) is 6.49. The molecule has 0 aromatic heterocycles. The first-order chi connectivity index (χ1) is 7.67. The molecule has 1 heterocycles.